The van der Waals surface area contributed by atoms with Gasteiger partial charge in [-0.2, -0.15) is 0 Å². The molecular weight excluding hydrogens is 439 g/mol. The maximum absolute atomic E-state index is 12.1. The molecule has 2 aliphatic rings. The van der Waals surface area contributed by atoms with E-state index in [0.29, 0.717) is 5.96 Å². The number of hydrogen-bond donors (Lipinski definition) is 2. The molecule has 24 heavy (non-hydrogen) atoms. The third kappa shape index (κ3) is 6.50. The van der Waals surface area contributed by atoms with Gasteiger partial charge in [-0.1, -0.05) is 13.3 Å². The van der Waals surface area contributed by atoms with Gasteiger partial charge in [-0.25, -0.2) is 0 Å². The molecule has 1 amide bonds. The van der Waals surface area contributed by atoms with Crippen LogP contribution in [0.5, 0.6) is 0 Å². The standard InChI is InChI=1S/C16H30N4O2S.HI/c1-3-23(22)14-8-6-7-13(11-14)19-16(17-2)18-12-15(21)20-9-4-5-10-20;/h13-14H,3-12H2,1-2H3,(H2,17,18,19);1H. The molecule has 1 aliphatic carbocycles. The molecular formula is C16H31IN4O2S. The van der Waals surface area contributed by atoms with Gasteiger partial charge in [0.05, 0.1) is 6.54 Å². The summed E-state index contributed by atoms with van der Waals surface area (Å²) in [6, 6.07) is 0.289. The molecule has 3 unspecified atom stereocenters. The van der Waals surface area contributed by atoms with Crippen LogP contribution >= 0.6 is 24.0 Å². The summed E-state index contributed by atoms with van der Waals surface area (Å²) in [6.07, 6.45) is 6.35. The van der Waals surface area contributed by atoms with Gasteiger partial charge in [-0.05, 0) is 32.1 Å². The van der Waals surface area contributed by atoms with Crippen LogP contribution in [0.1, 0.15) is 45.4 Å². The van der Waals surface area contributed by atoms with Crippen molar-refractivity contribution in [1.29, 1.82) is 0 Å². The summed E-state index contributed by atoms with van der Waals surface area (Å²) >= 11 is 0. The normalized spacial score (nSPS) is 25.8. The molecule has 1 aliphatic heterocycles. The van der Waals surface area contributed by atoms with E-state index in [-0.39, 0.29) is 47.7 Å². The van der Waals surface area contributed by atoms with Gasteiger partial charge >= 0.3 is 0 Å². The highest BCUT2D eigenvalue weighted by Crippen LogP contribution is 2.22. The first-order chi connectivity index (χ1) is 11.1. The molecule has 0 aromatic rings. The molecule has 6 nitrogen and oxygen atoms in total. The number of halogens is 1. The maximum Gasteiger partial charge on any atom is 0.241 e. The fourth-order valence-electron chi connectivity index (χ4n) is 3.38. The number of carbonyl (C=O) groups excluding carboxylic acids is 1. The van der Waals surface area contributed by atoms with Crippen LogP contribution in [0.2, 0.25) is 0 Å². The van der Waals surface area contributed by atoms with Crippen molar-refractivity contribution in [3.05, 3.63) is 0 Å². The van der Waals surface area contributed by atoms with Crippen LogP contribution in [0.25, 0.3) is 0 Å². The molecule has 2 fully saturated rings. The minimum atomic E-state index is -0.725. The van der Waals surface area contributed by atoms with Gasteiger partial charge in [-0.15, -0.1) is 24.0 Å². The van der Waals surface area contributed by atoms with Crippen LogP contribution in [0.15, 0.2) is 4.99 Å². The SMILES string of the molecule is CCS(=O)C1CCCC(NC(=NC)NCC(=O)N2CCCC2)C1.I. The molecule has 1 heterocycles. The third-order valence-electron chi connectivity index (χ3n) is 4.71. The van der Waals surface area contributed by atoms with Gasteiger partial charge in [0, 0.05) is 48.0 Å². The number of amides is 1. The zero-order valence-corrected chi connectivity index (χ0v) is 17.9. The van der Waals surface area contributed by atoms with Crippen molar-refractivity contribution in [3.8, 4) is 0 Å². The maximum atomic E-state index is 12.1. The topological polar surface area (TPSA) is 73.8 Å². The van der Waals surface area contributed by atoms with Gasteiger partial charge in [0.2, 0.25) is 5.91 Å². The number of nitrogens with zero attached hydrogens (tertiary/aromatic N) is 2. The Bertz CT molecular complexity index is 455. The second-order valence-corrected chi connectivity index (χ2v) is 8.32. The van der Waals surface area contributed by atoms with Crippen molar-refractivity contribution in [3.63, 3.8) is 0 Å². The van der Waals surface area contributed by atoms with E-state index in [4.69, 9.17) is 0 Å². The Morgan fingerprint density at radius 1 is 1.25 bits per heavy atom. The molecule has 2 rings (SSSR count). The number of hydrogen-bond acceptors (Lipinski definition) is 3. The van der Waals surface area contributed by atoms with E-state index in [1.54, 1.807) is 7.05 Å². The van der Waals surface area contributed by atoms with Crippen LogP contribution < -0.4 is 10.6 Å². The highest BCUT2D eigenvalue weighted by molar-refractivity contribution is 14.0. The summed E-state index contributed by atoms with van der Waals surface area (Å²) in [5, 5.41) is 6.81. The van der Waals surface area contributed by atoms with E-state index in [1.807, 2.05) is 11.8 Å². The lowest BCUT2D eigenvalue weighted by Crippen LogP contribution is -2.49. The van der Waals surface area contributed by atoms with Crippen molar-refractivity contribution in [2.45, 2.75) is 56.7 Å². The first-order valence-electron chi connectivity index (χ1n) is 8.76. The monoisotopic (exact) mass is 470 g/mol. The molecule has 0 spiro atoms. The zero-order chi connectivity index (χ0) is 16.7. The molecule has 0 aromatic carbocycles. The van der Waals surface area contributed by atoms with Crippen molar-refractivity contribution < 1.29 is 9.00 Å². The Hall–Kier alpha value is -0.380. The second kappa shape index (κ2) is 11.3. The average molecular weight is 470 g/mol. The lowest BCUT2D eigenvalue weighted by Gasteiger charge is -2.30. The van der Waals surface area contributed by atoms with E-state index < -0.39 is 10.8 Å². The molecule has 2 N–H and O–H groups in total. The Labute approximate surface area is 165 Å². The van der Waals surface area contributed by atoms with Gasteiger partial charge in [0.1, 0.15) is 0 Å². The predicted molar refractivity (Wildman–Crippen MR) is 110 cm³/mol. The quantitative estimate of drug-likeness (QED) is 0.363. The first kappa shape index (κ1) is 21.7. The Morgan fingerprint density at radius 2 is 1.96 bits per heavy atom. The Morgan fingerprint density at radius 3 is 2.58 bits per heavy atom. The van der Waals surface area contributed by atoms with Crippen molar-refractivity contribution in [2.24, 2.45) is 4.99 Å². The van der Waals surface area contributed by atoms with Gasteiger partial charge in [0.25, 0.3) is 0 Å². The number of guanidine groups is 1. The Kier molecular flexibility index (Phi) is 10.2. The third-order valence-corrected chi connectivity index (χ3v) is 6.45. The van der Waals surface area contributed by atoms with Crippen LogP contribution in [0.3, 0.4) is 0 Å². The number of aliphatic imine (C=N–C) groups is 1. The smallest absolute Gasteiger partial charge is 0.241 e. The van der Waals surface area contributed by atoms with Crippen LogP contribution in [0.4, 0.5) is 0 Å². The molecule has 1 saturated carbocycles. The van der Waals surface area contributed by atoms with Gasteiger partial charge in [0.15, 0.2) is 5.96 Å². The number of carbonyl (C=O) groups is 1. The number of likely N-dealkylation sites (tertiary alicyclic amines) is 1. The summed E-state index contributed by atoms with van der Waals surface area (Å²) in [5.41, 5.74) is 0. The van der Waals surface area contributed by atoms with Crippen LogP contribution in [0, 0.1) is 0 Å². The van der Waals surface area contributed by atoms with E-state index in [1.165, 1.54) is 0 Å². The van der Waals surface area contributed by atoms with E-state index in [2.05, 4.69) is 15.6 Å². The van der Waals surface area contributed by atoms with Crippen molar-refractivity contribution >= 4 is 46.6 Å². The highest BCUT2D eigenvalue weighted by Gasteiger charge is 2.26. The molecule has 0 bridgehead atoms. The number of rotatable bonds is 5. The zero-order valence-electron chi connectivity index (χ0n) is 14.8. The van der Waals surface area contributed by atoms with Gasteiger partial charge in [-0.3, -0.25) is 14.0 Å². The summed E-state index contributed by atoms with van der Waals surface area (Å²) in [7, 11) is 0.998. The summed E-state index contributed by atoms with van der Waals surface area (Å²) < 4.78 is 12.0. The van der Waals surface area contributed by atoms with Crippen molar-refractivity contribution in [2.75, 3.05) is 32.4 Å². The fraction of sp³-hybridized carbons (Fsp3) is 0.875. The molecule has 140 valence electrons. The molecule has 3 atom stereocenters. The van der Waals surface area contributed by atoms with Gasteiger partial charge < -0.3 is 15.5 Å². The van der Waals surface area contributed by atoms with Crippen LogP contribution in [-0.2, 0) is 15.6 Å². The molecule has 0 radical (unpaired) electrons. The minimum absolute atomic E-state index is 0. The largest absolute Gasteiger partial charge is 0.354 e. The lowest BCUT2D eigenvalue weighted by atomic mass is 9.95. The predicted octanol–water partition coefficient (Wildman–Crippen LogP) is 1.47. The summed E-state index contributed by atoms with van der Waals surface area (Å²) in [6.45, 7) is 4.02. The Balaban J connectivity index is 0.00000288. The minimum Gasteiger partial charge on any atom is -0.354 e. The van der Waals surface area contributed by atoms with E-state index >= 15 is 0 Å². The second-order valence-electron chi connectivity index (χ2n) is 6.31. The average Bonchev–Trinajstić information content (AvgIpc) is 3.12. The van der Waals surface area contributed by atoms with Crippen LogP contribution in [-0.4, -0.2) is 64.7 Å². The molecule has 0 aromatic heterocycles. The molecule has 1 saturated heterocycles. The number of nitrogens with one attached hydrogen (secondary N) is 2. The highest BCUT2D eigenvalue weighted by atomic mass is 127. The fourth-order valence-corrected chi connectivity index (χ4v) is 4.72. The van der Waals surface area contributed by atoms with Crippen molar-refractivity contribution in [1.82, 2.24) is 15.5 Å². The van der Waals surface area contributed by atoms with E-state index in [0.717, 1.165) is 57.4 Å². The summed E-state index contributed by atoms with van der Waals surface area (Å²) in [4.78, 5) is 18.2. The van der Waals surface area contributed by atoms with E-state index in [9.17, 15) is 9.00 Å². The lowest BCUT2D eigenvalue weighted by molar-refractivity contribution is -0.128. The molecule has 8 heteroatoms. The first-order valence-corrected chi connectivity index (χ1v) is 10.1. The summed E-state index contributed by atoms with van der Waals surface area (Å²) in [5.74, 6) is 1.54.